The summed E-state index contributed by atoms with van der Waals surface area (Å²) in [6, 6.07) is -0.114. The average molecular weight is 236 g/mol. The minimum Gasteiger partial charge on any atom is -0.383 e. The molecule has 4 nitrogen and oxygen atoms in total. The summed E-state index contributed by atoms with van der Waals surface area (Å²) in [7, 11) is 1.59. The van der Waals surface area contributed by atoms with Crippen LogP contribution < -0.4 is 5.32 Å². The third kappa shape index (κ3) is 3.63. The van der Waals surface area contributed by atoms with Crippen molar-refractivity contribution in [3.05, 3.63) is 0 Å². The second-order valence-corrected chi connectivity index (χ2v) is 4.09. The summed E-state index contributed by atoms with van der Waals surface area (Å²) in [6.07, 6.45) is 0.790. The van der Waals surface area contributed by atoms with E-state index in [2.05, 4.69) is 5.32 Å². The quantitative estimate of drug-likeness (QED) is 0.717. The molecule has 1 heterocycles. The molecule has 5 heteroatoms. The number of nitrogens with one attached hydrogen (secondary N) is 1. The van der Waals surface area contributed by atoms with Crippen molar-refractivity contribution in [2.45, 2.75) is 25.5 Å². The molecule has 0 radical (unpaired) electrons. The Morgan fingerprint density at radius 3 is 2.93 bits per heavy atom. The van der Waals surface area contributed by atoms with Crippen molar-refractivity contribution in [1.82, 2.24) is 5.32 Å². The van der Waals surface area contributed by atoms with Crippen LogP contribution in [0.5, 0.6) is 0 Å². The number of carbonyl (C=O) groups excluding carboxylic acids is 1. The van der Waals surface area contributed by atoms with Gasteiger partial charge in [0.05, 0.1) is 24.7 Å². The molecule has 1 aliphatic rings. The fraction of sp³-hybridized carbons (Fsp3) is 0.900. The molecule has 0 spiro atoms. The molecule has 3 atom stereocenters. The van der Waals surface area contributed by atoms with Crippen molar-refractivity contribution in [1.29, 1.82) is 0 Å². The average Bonchev–Trinajstić information content (AvgIpc) is 2.63. The Hall–Kier alpha value is -0.320. The highest BCUT2D eigenvalue weighted by molar-refractivity contribution is 6.18. The lowest BCUT2D eigenvalue weighted by molar-refractivity contribution is -0.127. The molecule has 0 bridgehead atoms. The molecule has 88 valence electrons. The summed E-state index contributed by atoms with van der Waals surface area (Å²) >= 11 is 5.71. The fourth-order valence-corrected chi connectivity index (χ4v) is 1.88. The molecule has 1 aliphatic heterocycles. The van der Waals surface area contributed by atoms with E-state index < -0.39 is 0 Å². The zero-order valence-corrected chi connectivity index (χ0v) is 9.92. The van der Waals surface area contributed by atoms with E-state index in [0.717, 1.165) is 6.42 Å². The van der Waals surface area contributed by atoms with Gasteiger partial charge in [-0.05, 0) is 13.3 Å². The van der Waals surface area contributed by atoms with Gasteiger partial charge in [0, 0.05) is 19.6 Å². The minimum atomic E-state index is -0.114. The van der Waals surface area contributed by atoms with Gasteiger partial charge >= 0.3 is 0 Å². The van der Waals surface area contributed by atoms with Crippen LogP contribution in [0.1, 0.15) is 13.3 Å². The molecule has 0 aromatic rings. The Bertz CT molecular complexity index is 213. The molecule has 1 rings (SSSR count). The summed E-state index contributed by atoms with van der Waals surface area (Å²) in [5.41, 5.74) is 0. The first kappa shape index (κ1) is 12.7. The first-order valence-corrected chi connectivity index (χ1v) is 5.69. The first-order chi connectivity index (χ1) is 7.19. The molecule has 1 fully saturated rings. The number of carbonyl (C=O) groups is 1. The maximum atomic E-state index is 11.8. The Morgan fingerprint density at radius 2 is 2.47 bits per heavy atom. The Balaban J connectivity index is 2.39. The summed E-state index contributed by atoms with van der Waals surface area (Å²) in [6.45, 7) is 3.02. The predicted octanol–water partition coefficient (Wildman–Crippen LogP) is 0.781. The van der Waals surface area contributed by atoms with Crippen molar-refractivity contribution in [2.75, 3.05) is 26.2 Å². The molecular weight excluding hydrogens is 218 g/mol. The van der Waals surface area contributed by atoms with Crippen LogP contribution in [0.15, 0.2) is 0 Å². The highest BCUT2D eigenvalue weighted by Gasteiger charge is 2.31. The molecule has 0 aromatic carbocycles. The summed E-state index contributed by atoms with van der Waals surface area (Å²) < 4.78 is 10.3. The first-order valence-electron chi connectivity index (χ1n) is 5.16. The molecule has 0 saturated carbocycles. The van der Waals surface area contributed by atoms with Crippen molar-refractivity contribution >= 4 is 17.5 Å². The lowest BCUT2D eigenvalue weighted by atomic mass is 10.0. The molecule has 3 unspecified atom stereocenters. The van der Waals surface area contributed by atoms with Crippen molar-refractivity contribution in [3.8, 4) is 0 Å². The standard InChI is InChI=1S/C10H18ClNO3/c1-7-9(3-4-15-7)10(13)12-8(5-11)6-14-2/h7-9H,3-6H2,1-2H3,(H,12,13). The van der Waals surface area contributed by atoms with E-state index in [-0.39, 0.29) is 24.0 Å². The maximum absolute atomic E-state index is 11.8. The van der Waals surface area contributed by atoms with E-state index in [0.29, 0.717) is 19.1 Å². The monoisotopic (exact) mass is 235 g/mol. The molecule has 0 aliphatic carbocycles. The van der Waals surface area contributed by atoms with Gasteiger partial charge in [-0.3, -0.25) is 4.79 Å². The third-order valence-electron chi connectivity index (χ3n) is 2.61. The molecule has 1 saturated heterocycles. The van der Waals surface area contributed by atoms with Crippen LogP contribution in [0.2, 0.25) is 0 Å². The van der Waals surface area contributed by atoms with E-state index >= 15 is 0 Å². The van der Waals surface area contributed by atoms with Crippen molar-refractivity contribution in [3.63, 3.8) is 0 Å². The van der Waals surface area contributed by atoms with Gasteiger partial charge in [0.15, 0.2) is 0 Å². The van der Waals surface area contributed by atoms with Gasteiger partial charge in [0.2, 0.25) is 5.91 Å². The number of halogens is 1. The van der Waals surface area contributed by atoms with Crippen LogP contribution in [0.25, 0.3) is 0 Å². The van der Waals surface area contributed by atoms with E-state index in [9.17, 15) is 4.79 Å². The number of hydrogen-bond donors (Lipinski definition) is 1. The van der Waals surface area contributed by atoms with Crippen LogP contribution in [-0.4, -0.2) is 44.3 Å². The SMILES string of the molecule is COCC(CCl)NC(=O)C1CCOC1C. The molecule has 1 N–H and O–H groups in total. The van der Waals surface area contributed by atoms with E-state index in [1.54, 1.807) is 7.11 Å². The third-order valence-corrected chi connectivity index (χ3v) is 2.99. The highest BCUT2D eigenvalue weighted by Crippen LogP contribution is 2.20. The van der Waals surface area contributed by atoms with Crippen LogP contribution >= 0.6 is 11.6 Å². The second kappa shape index (κ2) is 6.30. The highest BCUT2D eigenvalue weighted by atomic mass is 35.5. The number of hydrogen-bond acceptors (Lipinski definition) is 3. The van der Waals surface area contributed by atoms with Crippen molar-refractivity contribution in [2.24, 2.45) is 5.92 Å². The van der Waals surface area contributed by atoms with Gasteiger partial charge in [-0.1, -0.05) is 0 Å². The molecule has 15 heavy (non-hydrogen) atoms. The number of rotatable bonds is 5. The lowest BCUT2D eigenvalue weighted by Gasteiger charge is -2.19. The van der Waals surface area contributed by atoms with Crippen LogP contribution in [0.4, 0.5) is 0 Å². The topological polar surface area (TPSA) is 47.6 Å². The van der Waals surface area contributed by atoms with E-state index in [1.807, 2.05) is 6.92 Å². The predicted molar refractivity (Wildman–Crippen MR) is 58.0 cm³/mol. The van der Waals surface area contributed by atoms with Gasteiger partial charge in [-0.2, -0.15) is 0 Å². The van der Waals surface area contributed by atoms with Crippen LogP contribution in [0.3, 0.4) is 0 Å². The van der Waals surface area contributed by atoms with Gasteiger partial charge in [-0.15, -0.1) is 11.6 Å². The number of alkyl halides is 1. The molecule has 1 amide bonds. The lowest BCUT2D eigenvalue weighted by Crippen LogP contribution is -2.44. The number of amides is 1. The number of methoxy groups -OCH3 is 1. The maximum Gasteiger partial charge on any atom is 0.226 e. The summed E-state index contributed by atoms with van der Waals surface area (Å²) in [5.74, 6) is 0.330. The molecule has 0 aromatic heterocycles. The molecular formula is C10H18ClNO3. The normalized spacial score (nSPS) is 27.7. The van der Waals surface area contributed by atoms with Crippen molar-refractivity contribution < 1.29 is 14.3 Å². The van der Waals surface area contributed by atoms with Gasteiger partial charge < -0.3 is 14.8 Å². The van der Waals surface area contributed by atoms with Gasteiger partial charge in [-0.25, -0.2) is 0 Å². The zero-order chi connectivity index (χ0) is 11.3. The van der Waals surface area contributed by atoms with Gasteiger partial charge in [0.25, 0.3) is 0 Å². The summed E-state index contributed by atoms with van der Waals surface area (Å²) in [4.78, 5) is 11.8. The summed E-state index contributed by atoms with van der Waals surface area (Å²) in [5, 5.41) is 2.86. The Labute approximate surface area is 95.3 Å². The largest absolute Gasteiger partial charge is 0.383 e. The zero-order valence-electron chi connectivity index (χ0n) is 9.16. The van der Waals surface area contributed by atoms with Crippen LogP contribution in [0, 0.1) is 5.92 Å². The Morgan fingerprint density at radius 1 is 1.73 bits per heavy atom. The minimum absolute atomic E-state index is 0.00326. The van der Waals surface area contributed by atoms with E-state index in [1.165, 1.54) is 0 Å². The van der Waals surface area contributed by atoms with Crippen LogP contribution in [-0.2, 0) is 14.3 Å². The Kier molecular flexibility index (Phi) is 5.36. The van der Waals surface area contributed by atoms with E-state index in [4.69, 9.17) is 21.1 Å². The fourth-order valence-electron chi connectivity index (χ4n) is 1.71. The van der Waals surface area contributed by atoms with Gasteiger partial charge in [0.1, 0.15) is 0 Å². The smallest absolute Gasteiger partial charge is 0.226 e. The second-order valence-electron chi connectivity index (χ2n) is 3.79. The number of ether oxygens (including phenoxy) is 2.